The van der Waals surface area contributed by atoms with Crippen LogP contribution in [0.3, 0.4) is 0 Å². The molecule has 0 fully saturated rings. The molecule has 1 aliphatic rings. The third-order valence-electron chi connectivity index (χ3n) is 5.08. The van der Waals surface area contributed by atoms with Gasteiger partial charge >= 0.3 is 0 Å². The maximum absolute atomic E-state index is 4.89. The number of benzene rings is 1. The van der Waals surface area contributed by atoms with Gasteiger partial charge in [-0.2, -0.15) is 5.10 Å². The molecule has 0 aliphatic carbocycles. The van der Waals surface area contributed by atoms with Gasteiger partial charge in [0.2, 0.25) is 0 Å². The normalized spacial score (nSPS) is 13.4. The quantitative estimate of drug-likeness (QED) is 0.562. The van der Waals surface area contributed by atoms with Crippen molar-refractivity contribution >= 4 is 27.8 Å². The molecule has 0 saturated heterocycles. The molecule has 0 spiro atoms. The summed E-state index contributed by atoms with van der Waals surface area (Å²) >= 11 is 0. The highest BCUT2D eigenvalue weighted by molar-refractivity contribution is 6.02. The fraction of sp³-hybridized carbons (Fsp3) is 0.238. The Labute approximate surface area is 151 Å². The first-order valence-corrected chi connectivity index (χ1v) is 8.93. The second kappa shape index (κ2) is 5.73. The molecule has 5 rings (SSSR count). The number of hydrogen-bond acceptors (Lipinski definition) is 4. The zero-order valence-electron chi connectivity index (χ0n) is 14.9. The van der Waals surface area contributed by atoms with E-state index in [4.69, 9.17) is 10.1 Å². The van der Waals surface area contributed by atoms with Gasteiger partial charge in [-0.1, -0.05) is 18.2 Å². The first-order chi connectivity index (χ1) is 12.7. The Kier molecular flexibility index (Phi) is 3.35. The number of nitrogens with zero attached hydrogens (tertiary/aromatic N) is 5. The summed E-state index contributed by atoms with van der Waals surface area (Å²) in [5, 5.41) is 5.89. The molecule has 26 heavy (non-hydrogen) atoms. The van der Waals surface area contributed by atoms with Crippen molar-refractivity contribution in [3.05, 3.63) is 65.4 Å². The van der Waals surface area contributed by atoms with E-state index in [1.807, 2.05) is 36.8 Å². The molecular formula is C21H19N5. The van der Waals surface area contributed by atoms with Crippen molar-refractivity contribution in [3.8, 4) is 0 Å². The lowest BCUT2D eigenvalue weighted by Crippen LogP contribution is -2.01. The lowest BCUT2D eigenvalue weighted by molar-refractivity contribution is 0.839. The smallest absolute Gasteiger partial charge is 0.0961 e. The summed E-state index contributed by atoms with van der Waals surface area (Å²) in [5.74, 6) is 0. The Hall–Kier alpha value is -3.08. The van der Waals surface area contributed by atoms with Crippen LogP contribution in [0.4, 0.5) is 5.69 Å². The highest BCUT2D eigenvalue weighted by atomic mass is 15.2. The van der Waals surface area contributed by atoms with Crippen LogP contribution in [0.2, 0.25) is 0 Å². The number of pyridine rings is 1. The SMILES string of the molecule is Cc1ncc(C)n2nc(CCC3=Nc4c(ccc5cccnc45)C3)cc12. The van der Waals surface area contributed by atoms with Crippen LogP contribution in [-0.4, -0.2) is 25.3 Å². The minimum atomic E-state index is 0.888. The Morgan fingerprint density at radius 2 is 2.00 bits per heavy atom. The van der Waals surface area contributed by atoms with E-state index in [1.165, 1.54) is 11.3 Å². The van der Waals surface area contributed by atoms with E-state index < -0.39 is 0 Å². The summed E-state index contributed by atoms with van der Waals surface area (Å²) in [6, 6.07) is 10.5. The average Bonchev–Trinajstić information content (AvgIpc) is 3.28. The molecule has 4 heterocycles. The van der Waals surface area contributed by atoms with E-state index in [0.29, 0.717) is 0 Å². The maximum atomic E-state index is 4.89. The van der Waals surface area contributed by atoms with E-state index in [9.17, 15) is 0 Å². The monoisotopic (exact) mass is 341 g/mol. The van der Waals surface area contributed by atoms with E-state index in [-0.39, 0.29) is 0 Å². The first-order valence-electron chi connectivity index (χ1n) is 8.93. The number of aromatic nitrogens is 4. The van der Waals surface area contributed by atoms with Crippen molar-refractivity contribution in [2.75, 3.05) is 0 Å². The molecule has 5 heteroatoms. The lowest BCUT2D eigenvalue weighted by atomic mass is 10.0. The zero-order chi connectivity index (χ0) is 17.7. The molecule has 1 aliphatic heterocycles. The van der Waals surface area contributed by atoms with Crippen molar-refractivity contribution < 1.29 is 0 Å². The van der Waals surface area contributed by atoms with Crippen LogP contribution in [0.15, 0.2) is 47.7 Å². The van der Waals surface area contributed by atoms with Crippen molar-refractivity contribution in [1.82, 2.24) is 19.6 Å². The Balaban J connectivity index is 1.42. The topological polar surface area (TPSA) is 55.4 Å². The van der Waals surface area contributed by atoms with Crippen molar-refractivity contribution in [2.45, 2.75) is 33.1 Å². The van der Waals surface area contributed by atoms with Gasteiger partial charge in [0, 0.05) is 29.9 Å². The maximum Gasteiger partial charge on any atom is 0.0961 e. The lowest BCUT2D eigenvalue weighted by Gasteiger charge is -2.01. The van der Waals surface area contributed by atoms with Crippen LogP contribution >= 0.6 is 0 Å². The van der Waals surface area contributed by atoms with E-state index in [0.717, 1.165) is 58.5 Å². The molecular weight excluding hydrogens is 322 g/mol. The standard InChI is InChI=1S/C21H19N5/c1-13-12-23-14(2)19-11-18(25-26(13)19)8-7-17-10-16-6-5-15-4-3-9-22-20(15)21(16)24-17/h3-6,9,11-12H,7-8,10H2,1-2H3. The summed E-state index contributed by atoms with van der Waals surface area (Å²) in [6.45, 7) is 4.06. The van der Waals surface area contributed by atoms with Gasteiger partial charge in [-0.3, -0.25) is 15.0 Å². The average molecular weight is 341 g/mol. The fourth-order valence-corrected chi connectivity index (χ4v) is 3.66. The van der Waals surface area contributed by atoms with Crippen molar-refractivity contribution in [3.63, 3.8) is 0 Å². The van der Waals surface area contributed by atoms with Crippen molar-refractivity contribution in [2.24, 2.45) is 4.99 Å². The van der Waals surface area contributed by atoms with Gasteiger partial charge in [0.1, 0.15) is 0 Å². The van der Waals surface area contributed by atoms with Crippen LogP contribution < -0.4 is 0 Å². The predicted molar refractivity (Wildman–Crippen MR) is 103 cm³/mol. The molecule has 5 nitrogen and oxygen atoms in total. The molecule has 128 valence electrons. The highest BCUT2D eigenvalue weighted by Crippen LogP contribution is 2.34. The van der Waals surface area contributed by atoms with Gasteiger partial charge in [0.15, 0.2) is 0 Å². The minimum Gasteiger partial charge on any atom is -0.257 e. The molecule has 0 N–H and O–H groups in total. The number of fused-ring (bicyclic) bond motifs is 4. The van der Waals surface area contributed by atoms with Gasteiger partial charge in [-0.15, -0.1) is 0 Å². The summed E-state index contributed by atoms with van der Waals surface area (Å²) in [6.07, 6.45) is 6.42. The van der Waals surface area contributed by atoms with Crippen LogP contribution in [0.1, 0.15) is 29.1 Å². The van der Waals surface area contributed by atoms with E-state index in [2.05, 4.69) is 34.2 Å². The minimum absolute atomic E-state index is 0.888. The van der Waals surface area contributed by atoms with E-state index >= 15 is 0 Å². The number of aliphatic imine (C=N–C) groups is 1. The second-order valence-corrected chi connectivity index (χ2v) is 6.92. The van der Waals surface area contributed by atoms with Crippen molar-refractivity contribution in [1.29, 1.82) is 0 Å². The number of aryl methyl sites for hydroxylation is 3. The molecule has 0 bridgehead atoms. The molecule has 0 amide bonds. The third kappa shape index (κ3) is 2.39. The summed E-state index contributed by atoms with van der Waals surface area (Å²) in [7, 11) is 0. The van der Waals surface area contributed by atoms with E-state index in [1.54, 1.807) is 0 Å². The Morgan fingerprint density at radius 3 is 2.88 bits per heavy atom. The van der Waals surface area contributed by atoms with Gasteiger partial charge in [-0.25, -0.2) is 4.52 Å². The molecule has 0 saturated carbocycles. The summed E-state index contributed by atoms with van der Waals surface area (Å²) in [5.41, 5.74) is 8.78. The first kappa shape index (κ1) is 15.2. The highest BCUT2D eigenvalue weighted by Gasteiger charge is 2.18. The van der Waals surface area contributed by atoms with Crippen LogP contribution in [-0.2, 0) is 12.8 Å². The molecule has 0 unspecified atom stereocenters. The molecule has 0 radical (unpaired) electrons. The van der Waals surface area contributed by atoms with Crippen LogP contribution in [0.25, 0.3) is 16.4 Å². The number of rotatable bonds is 3. The van der Waals surface area contributed by atoms with Gasteiger partial charge in [0.25, 0.3) is 0 Å². The third-order valence-corrected chi connectivity index (χ3v) is 5.08. The summed E-state index contributed by atoms with van der Waals surface area (Å²) < 4.78 is 1.99. The fourth-order valence-electron chi connectivity index (χ4n) is 3.66. The molecule has 1 aromatic carbocycles. The van der Waals surface area contributed by atoms with Crippen LogP contribution in [0, 0.1) is 13.8 Å². The number of hydrogen-bond donors (Lipinski definition) is 0. The summed E-state index contributed by atoms with van der Waals surface area (Å²) in [4.78, 5) is 13.8. The van der Waals surface area contributed by atoms with Crippen LogP contribution in [0.5, 0.6) is 0 Å². The van der Waals surface area contributed by atoms with Gasteiger partial charge in [0.05, 0.1) is 33.8 Å². The Bertz CT molecular complexity index is 1150. The van der Waals surface area contributed by atoms with Gasteiger partial charge in [-0.05, 0) is 44.4 Å². The second-order valence-electron chi connectivity index (χ2n) is 6.92. The predicted octanol–water partition coefficient (Wildman–Crippen LogP) is 4.16. The Morgan fingerprint density at radius 1 is 1.08 bits per heavy atom. The van der Waals surface area contributed by atoms with Gasteiger partial charge < -0.3 is 0 Å². The molecule has 4 aromatic rings. The largest absolute Gasteiger partial charge is 0.257 e. The zero-order valence-corrected chi connectivity index (χ0v) is 14.9. The molecule has 3 aromatic heterocycles. The molecule has 0 atom stereocenters.